The van der Waals surface area contributed by atoms with E-state index in [1.807, 2.05) is 0 Å². The predicted molar refractivity (Wildman–Crippen MR) is 30.8 cm³/mol. The van der Waals surface area contributed by atoms with E-state index in [0.717, 1.165) is 0 Å². The van der Waals surface area contributed by atoms with Crippen LogP contribution in [0.2, 0.25) is 0 Å². The Kier molecular flexibility index (Phi) is 2.90. The standard InChI is InChI=1S/C6F12O/c7-1(4(10,11)12,5(13,14)15)2(8)3(9,19-2)6(16,17)18. The molecule has 1 rings (SSSR count). The molecule has 1 heterocycles. The van der Waals surface area contributed by atoms with Crippen molar-refractivity contribution in [3.8, 4) is 0 Å². The highest BCUT2D eigenvalue weighted by atomic mass is 19.4. The quantitative estimate of drug-likeness (QED) is 0.530. The van der Waals surface area contributed by atoms with Crippen molar-refractivity contribution in [1.29, 1.82) is 0 Å². The van der Waals surface area contributed by atoms with Crippen molar-refractivity contribution >= 4 is 0 Å². The smallest absolute Gasteiger partial charge is 0.288 e. The van der Waals surface area contributed by atoms with Gasteiger partial charge >= 0.3 is 35.9 Å². The van der Waals surface area contributed by atoms with Gasteiger partial charge in [0.2, 0.25) is 0 Å². The van der Waals surface area contributed by atoms with Crippen molar-refractivity contribution in [2.24, 2.45) is 0 Å². The molecule has 0 radical (unpaired) electrons. The Balaban J connectivity index is 3.42. The highest BCUT2D eigenvalue weighted by molar-refractivity contribution is 5.22. The van der Waals surface area contributed by atoms with E-state index in [2.05, 4.69) is 4.74 Å². The fraction of sp³-hybridized carbons (Fsp3) is 1.00. The average molecular weight is 316 g/mol. The Morgan fingerprint density at radius 1 is 0.579 bits per heavy atom. The zero-order valence-electron chi connectivity index (χ0n) is 7.94. The Morgan fingerprint density at radius 2 is 0.895 bits per heavy atom. The van der Waals surface area contributed by atoms with E-state index in [1.54, 1.807) is 0 Å². The average Bonchev–Trinajstić information content (AvgIpc) is 2.66. The first-order chi connectivity index (χ1) is 7.96. The van der Waals surface area contributed by atoms with Gasteiger partial charge in [0, 0.05) is 0 Å². The Bertz CT molecular complexity index is 363. The van der Waals surface area contributed by atoms with Gasteiger partial charge in [0.05, 0.1) is 0 Å². The third-order valence-electron chi connectivity index (χ3n) is 2.24. The topological polar surface area (TPSA) is 12.5 Å². The normalized spacial score (nSPS) is 33.5. The molecule has 114 valence electrons. The molecule has 0 aromatic heterocycles. The van der Waals surface area contributed by atoms with Crippen molar-refractivity contribution in [3.05, 3.63) is 0 Å². The van der Waals surface area contributed by atoms with Crippen LogP contribution in [0.25, 0.3) is 0 Å². The lowest BCUT2D eigenvalue weighted by Gasteiger charge is -2.31. The molecule has 0 N–H and O–H groups in total. The first-order valence-corrected chi connectivity index (χ1v) is 3.93. The minimum atomic E-state index is -7.22. The third-order valence-corrected chi connectivity index (χ3v) is 2.24. The van der Waals surface area contributed by atoms with Gasteiger partial charge in [0.1, 0.15) is 0 Å². The predicted octanol–water partition coefficient (Wildman–Crippen LogP) is 3.74. The number of epoxide rings is 1. The second-order valence-corrected chi connectivity index (χ2v) is 3.44. The van der Waals surface area contributed by atoms with Gasteiger partial charge in [-0.1, -0.05) is 0 Å². The molecule has 2 unspecified atom stereocenters. The van der Waals surface area contributed by atoms with Crippen LogP contribution < -0.4 is 0 Å². The zero-order chi connectivity index (χ0) is 15.7. The van der Waals surface area contributed by atoms with Gasteiger partial charge in [0.25, 0.3) is 0 Å². The molecule has 1 saturated heterocycles. The van der Waals surface area contributed by atoms with E-state index >= 15 is 0 Å². The van der Waals surface area contributed by atoms with Gasteiger partial charge in [-0.15, -0.1) is 0 Å². The fourth-order valence-electron chi connectivity index (χ4n) is 1.23. The maximum atomic E-state index is 13.0. The number of rotatable bonds is 1. The second-order valence-electron chi connectivity index (χ2n) is 3.44. The summed E-state index contributed by atoms with van der Waals surface area (Å²) in [7, 11) is 0. The van der Waals surface area contributed by atoms with Gasteiger partial charge < -0.3 is 0 Å². The molecule has 0 aromatic rings. The summed E-state index contributed by atoms with van der Waals surface area (Å²) in [6, 6.07) is 0. The summed E-state index contributed by atoms with van der Waals surface area (Å²) < 4.78 is 148. The van der Waals surface area contributed by atoms with E-state index in [0.29, 0.717) is 0 Å². The number of halogens is 12. The van der Waals surface area contributed by atoms with Crippen LogP contribution in [0, 0.1) is 0 Å². The molecule has 1 nitrogen and oxygen atoms in total. The first kappa shape index (κ1) is 16.2. The van der Waals surface area contributed by atoms with Gasteiger partial charge in [0.15, 0.2) is 0 Å². The molecule has 1 fully saturated rings. The maximum Gasteiger partial charge on any atom is 0.454 e. The molecule has 0 amide bonds. The molecule has 1 aliphatic rings. The van der Waals surface area contributed by atoms with Gasteiger partial charge in [-0.2, -0.15) is 43.9 Å². The molecular formula is C6F12O. The Morgan fingerprint density at radius 3 is 1.05 bits per heavy atom. The molecule has 0 saturated carbocycles. The lowest BCUT2D eigenvalue weighted by Crippen LogP contribution is -2.64. The van der Waals surface area contributed by atoms with E-state index in [-0.39, 0.29) is 0 Å². The Hall–Kier alpha value is -0.880. The monoisotopic (exact) mass is 316 g/mol. The minimum Gasteiger partial charge on any atom is -0.288 e. The first-order valence-electron chi connectivity index (χ1n) is 3.93. The summed E-state index contributed by atoms with van der Waals surface area (Å²) >= 11 is 0. The molecule has 0 spiro atoms. The number of ether oxygens (including phenoxy) is 1. The lowest BCUT2D eigenvalue weighted by molar-refractivity contribution is -0.377. The van der Waals surface area contributed by atoms with E-state index < -0.39 is 35.9 Å². The summed E-state index contributed by atoms with van der Waals surface area (Å²) in [5.41, 5.74) is -7.17. The summed E-state index contributed by atoms with van der Waals surface area (Å²) in [6.07, 6.45) is -21.1. The highest BCUT2D eigenvalue weighted by Crippen LogP contribution is 2.71. The molecule has 0 aromatic carbocycles. The molecule has 13 heteroatoms. The van der Waals surface area contributed by atoms with Crippen molar-refractivity contribution in [2.75, 3.05) is 0 Å². The Labute approximate surface area is 94.7 Å². The van der Waals surface area contributed by atoms with Gasteiger partial charge in [-0.25, -0.2) is 8.78 Å². The minimum absolute atomic E-state index is 2.20. The summed E-state index contributed by atoms with van der Waals surface area (Å²) in [5, 5.41) is 0. The van der Waals surface area contributed by atoms with E-state index in [9.17, 15) is 52.7 Å². The molecule has 0 bridgehead atoms. The highest BCUT2D eigenvalue weighted by Gasteiger charge is 3.03. The molecular weight excluding hydrogens is 316 g/mol. The number of hydrogen-bond acceptors (Lipinski definition) is 1. The van der Waals surface area contributed by atoms with Crippen LogP contribution in [0.1, 0.15) is 0 Å². The van der Waals surface area contributed by atoms with E-state index in [1.165, 1.54) is 0 Å². The summed E-state index contributed by atoms with van der Waals surface area (Å²) in [4.78, 5) is 0. The second kappa shape index (κ2) is 3.41. The largest absolute Gasteiger partial charge is 0.454 e. The van der Waals surface area contributed by atoms with Crippen LogP contribution in [-0.2, 0) is 4.74 Å². The summed E-state index contributed by atoms with van der Waals surface area (Å²) in [6.45, 7) is 0. The van der Waals surface area contributed by atoms with Crippen LogP contribution in [0.15, 0.2) is 0 Å². The molecule has 2 atom stereocenters. The SMILES string of the molecule is FC(F)(F)C1(F)OC1(F)C(F)(C(F)(F)F)C(F)(F)F. The van der Waals surface area contributed by atoms with Gasteiger partial charge in [-0.3, -0.25) is 4.74 Å². The zero-order valence-corrected chi connectivity index (χ0v) is 7.94. The third kappa shape index (κ3) is 1.69. The van der Waals surface area contributed by atoms with Crippen molar-refractivity contribution in [2.45, 2.75) is 35.9 Å². The fourth-order valence-corrected chi connectivity index (χ4v) is 1.23. The van der Waals surface area contributed by atoms with Crippen molar-refractivity contribution < 1.29 is 57.4 Å². The van der Waals surface area contributed by atoms with Crippen LogP contribution >= 0.6 is 0 Å². The van der Waals surface area contributed by atoms with Crippen LogP contribution in [-0.4, -0.2) is 35.9 Å². The van der Waals surface area contributed by atoms with Crippen molar-refractivity contribution in [1.82, 2.24) is 0 Å². The molecule has 0 aliphatic carbocycles. The lowest BCUT2D eigenvalue weighted by atomic mass is 9.94. The van der Waals surface area contributed by atoms with Crippen LogP contribution in [0.3, 0.4) is 0 Å². The maximum absolute atomic E-state index is 13.0. The molecule has 19 heavy (non-hydrogen) atoms. The van der Waals surface area contributed by atoms with Crippen LogP contribution in [0.4, 0.5) is 52.7 Å². The molecule has 1 aliphatic heterocycles. The number of alkyl halides is 12. The van der Waals surface area contributed by atoms with Crippen molar-refractivity contribution in [3.63, 3.8) is 0 Å². The van der Waals surface area contributed by atoms with E-state index in [4.69, 9.17) is 0 Å². The summed E-state index contributed by atoms with van der Waals surface area (Å²) in [5.74, 6) is -12.3. The number of hydrogen-bond donors (Lipinski definition) is 0. The van der Waals surface area contributed by atoms with Gasteiger partial charge in [-0.05, 0) is 0 Å². The van der Waals surface area contributed by atoms with Crippen LogP contribution in [0.5, 0.6) is 0 Å².